The van der Waals surface area contributed by atoms with Crippen LogP contribution in [0.5, 0.6) is 0 Å². The van der Waals surface area contributed by atoms with Crippen LogP contribution >= 0.6 is 11.8 Å². The Bertz CT molecular complexity index is 787. The van der Waals surface area contributed by atoms with Crippen LogP contribution in [0.25, 0.3) is 5.69 Å². The molecule has 0 N–H and O–H groups in total. The number of hydrogen-bond donors (Lipinski definition) is 0. The Kier molecular flexibility index (Phi) is 6.32. The maximum Gasteiger partial charge on any atom is 0.233 e. The van der Waals surface area contributed by atoms with Crippen molar-refractivity contribution in [2.24, 2.45) is 5.92 Å². The summed E-state index contributed by atoms with van der Waals surface area (Å²) in [6.07, 6.45) is 4.84. The Balaban J connectivity index is 1.49. The number of nitrogens with zero attached hydrogens (tertiary/aromatic N) is 5. The molecule has 7 heteroatoms. The summed E-state index contributed by atoms with van der Waals surface area (Å²) >= 11 is 1.50. The molecule has 2 aromatic rings. The van der Waals surface area contributed by atoms with Crippen molar-refractivity contribution in [3.8, 4) is 5.69 Å². The van der Waals surface area contributed by atoms with Crippen molar-refractivity contribution in [1.82, 2.24) is 24.6 Å². The van der Waals surface area contributed by atoms with E-state index in [0.717, 1.165) is 55.8 Å². The molecule has 0 spiro atoms. The van der Waals surface area contributed by atoms with Crippen LogP contribution in [0.3, 0.4) is 0 Å². The van der Waals surface area contributed by atoms with Crippen LogP contribution < -0.4 is 0 Å². The summed E-state index contributed by atoms with van der Waals surface area (Å²) in [5, 5.41) is 9.73. The summed E-state index contributed by atoms with van der Waals surface area (Å²) in [5.41, 5.74) is 1.06. The van der Waals surface area contributed by atoms with Gasteiger partial charge in [-0.2, -0.15) is 0 Å². The van der Waals surface area contributed by atoms with Gasteiger partial charge in [-0.05, 0) is 56.8 Å². The van der Waals surface area contributed by atoms with Crippen molar-refractivity contribution < 1.29 is 4.79 Å². The second kappa shape index (κ2) is 9.09. The van der Waals surface area contributed by atoms with Crippen LogP contribution in [0.4, 0.5) is 0 Å². The summed E-state index contributed by atoms with van der Waals surface area (Å²) in [4.78, 5) is 17.1. The third kappa shape index (κ3) is 4.58. The number of hydrogen-bond acceptors (Lipinski definition) is 5. The fraction of sp³-hybridized carbons (Fsp3) is 0.571. The van der Waals surface area contributed by atoms with E-state index in [9.17, 15) is 4.79 Å². The van der Waals surface area contributed by atoms with Gasteiger partial charge in [0.05, 0.1) is 12.3 Å². The minimum Gasteiger partial charge on any atom is -0.342 e. The van der Waals surface area contributed by atoms with E-state index in [1.165, 1.54) is 31.0 Å². The molecule has 3 heterocycles. The van der Waals surface area contributed by atoms with Crippen LogP contribution in [-0.2, 0) is 11.3 Å². The molecule has 0 saturated carbocycles. The predicted molar refractivity (Wildman–Crippen MR) is 112 cm³/mol. The molecule has 1 aromatic heterocycles. The largest absolute Gasteiger partial charge is 0.342 e. The molecular weight excluding hydrogens is 370 g/mol. The molecule has 4 rings (SSSR count). The van der Waals surface area contributed by atoms with Gasteiger partial charge in [-0.25, -0.2) is 0 Å². The molecule has 2 aliphatic heterocycles. The smallest absolute Gasteiger partial charge is 0.233 e. The highest BCUT2D eigenvalue weighted by atomic mass is 32.2. The van der Waals surface area contributed by atoms with E-state index < -0.39 is 0 Å². The number of para-hydroxylation sites is 1. The zero-order chi connectivity index (χ0) is 19.3. The first-order chi connectivity index (χ1) is 13.7. The Hall–Kier alpha value is -1.86. The van der Waals surface area contributed by atoms with Crippen LogP contribution in [0, 0.1) is 5.92 Å². The zero-order valence-corrected chi connectivity index (χ0v) is 17.4. The van der Waals surface area contributed by atoms with Crippen LogP contribution in [0.15, 0.2) is 35.5 Å². The summed E-state index contributed by atoms with van der Waals surface area (Å²) in [6.45, 7) is 7.04. The maximum atomic E-state index is 12.7. The maximum absolute atomic E-state index is 12.7. The first-order valence-corrected chi connectivity index (χ1v) is 11.3. The molecule has 28 heavy (non-hydrogen) atoms. The minimum absolute atomic E-state index is 0.209. The van der Waals surface area contributed by atoms with Gasteiger partial charge < -0.3 is 4.90 Å². The van der Waals surface area contributed by atoms with Crippen molar-refractivity contribution in [2.45, 2.75) is 44.3 Å². The zero-order valence-electron chi connectivity index (χ0n) is 16.6. The van der Waals surface area contributed by atoms with Crippen molar-refractivity contribution in [3.63, 3.8) is 0 Å². The van der Waals surface area contributed by atoms with Crippen LogP contribution in [0.2, 0.25) is 0 Å². The number of likely N-dealkylation sites (tertiary alicyclic amines) is 2. The number of thioether (sulfide) groups is 1. The van der Waals surface area contributed by atoms with Gasteiger partial charge in [0.25, 0.3) is 0 Å². The third-order valence-corrected chi connectivity index (χ3v) is 6.53. The van der Waals surface area contributed by atoms with E-state index in [2.05, 4.69) is 38.7 Å². The second-order valence-electron chi connectivity index (χ2n) is 7.93. The second-order valence-corrected chi connectivity index (χ2v) is 8.87. The fourth-order valence-corrected chi connectivity index (χ4v) is 4.98. The van der Waals surface area contributed by atoms with Gasteiger partial charge in [-0.1, -0.05) is 36.9 Å². The first-order valence-electron chi connectivity index (χ1n) is 10.3. The number of rotatable bonds is 6. The number of carbonyl (C=O) groups is 1. The van der Waals surface area contributed by atoms with Gasteiger partial charge in [-0.3, -0.25) is 14.3 Å². The molecule has 2 saturated heterocycles. The van der Waals surface area contributed by atoms with E-state index >= 15 is 0 Å². The van der Waals surface area contributed by atoms with Gasteiger partial charge in [-0.15, -0.1) is 10.2 Å². The van der Waals surface area contributed by atoms with Gasteiger partial charge in [0.2, 0.25) is 5.91 Å². The number of benzene rings is 1. The molecule has 0 aliphatic carbocycles. The average molecular weight is 400 g/mol. The Morgan fingerprint density at radius 2 is 1.89 bits per heavy atom. The van der Waals surface area contributed by atoms with Crippen molar-refractivity contribution in [2.75, 3.05) is 31.9 Å². The van der Waals surface area contributed by atoms with E-state index in [1.807, 2.05) is 23.1 Å². The van der Waals surface area contributed by atoms with Crippen molar-refractivity contribution in [3.05, 3.63) is 36.2 Å². The Morgan fingerprint density at radius 1 is 1.11 bits per heavy atom. The van der Waals surface area contributed by atoms with E-state index in [0.29, 0.717) is 11.7 Å². The highest BCUT2D eigenvalue weighted by molar-refractivity contribution is 7.99. The number of carbonyl (C=O) groups excluding carboxylic acids is 1. The van der Waals surface area contributed by atoms with Gasteiger partial charge in [0.1, 0.15) is 0 Å². The highest BCUT2D eigenvalue weighted by Gasteiger charge is 2.23. The van der Waals surface area contributed by atoms with E-state index in [1.54, 1.807) is 0 Å². The van der Waals surface area contributed by atoms with Gasteiger partial charge in [0, 0.05) is 18.8 Å². The molecule has 0 radical (unpaired) electrons. The van der Waals surface area contributed by atoms with Crippen LogP contribution in [0.1, 0.15) is 38.4 Å². The van der Waals surface area contributed by atoms with Crippen LogP contribution in [-0.4, -0.2) is 62.4 Å². The highest BCUT2D eigenvalue weighted by Crippen LogP contribution is 2.25. The molecule has 2 fully saturated rings. The van der Waals surface area contributed by atoms with E-state index in [4.69, 9.17) is 0 Å². The lowest BCUT2D eigenvalue weighted by Crippen LogP contribution is -2.40. The summed E-state index contributed by atoms with van der Waals surface area (Å²) < 4.78 is 2.12. The minimum atomic E-state index is 0.209. The molecule has 6 nitrogen and oxygen atoms in total. The summed E-state index contributed by atoms with van der Waals surface area (Å²) in [5.74, 6) is 2.18. The SMILES string of the molecule is CC1CCCN(C(=O)CSc2nnc(CN3CCCC3)n2-c2ccccc2)C1. The predicted octanol–water partition coefficient (Wildman–Crippen LogP) is 3.21. The Morgan fingerprint density at radius 3 is 2.64 bits per heavy atom. The van der Waals surface area contributed by atoms with E-state index in [-0.39, 0.29) is 5.91 Å². The lowest BCUT2D eigenvalue weighted by Gasteiger charge is -2.30. The standard InChI is InChI=1S/C21H29N5OS/c1-17-8-7-13-25(14-17)20(27)16-28-21-23-22-19(15-24-11-5-6-12-24)26(21)18-9-3-2-4-10-18/h2-4,9-10,17H,5-8,11-16H2,1H3. The number of amides is 1. The summed E-state index contributed by atoms with van der Waals surface area (Å²) in [7, 11) is 0. The lowest BCUT2D eigenvalue weighted by molar-refractivity contribution is -0.130. The monoisotopic (exact) mass is 399 g/mol. The molecule has 1 unspecified atom stereocenters. The topological polar surface area (TPSA) is 54.3 Å². The molecule has 1 atom stereocenters. The number of aromatic nitrogens is 3. The van der Waals surface area contributed by atoms with Gasteiger partial charge >= 0.3 is 0 Å². The third-order valence-electron chi connectivity index (χ3n) is 5.61. The summed E-state index contributed by atoms with van der Waals surface area (Å²) in [6, 6.07) is 10.2. The molecule has 1 aromatic carbocycles. The molecule has 0 bridgehead atoms. The number of piperidine rings is 1. The fourth-order valence-electron chi connectivity index (χ4n) is 4.11. The molecular formula is C21H29N5OS. The Labute approximate surface area is 171 Å². The quantitative estimate of drug-likeness (QED) is 0.698. The molecule has 2 aliphatic rings. The van der Waals surface area contributed by atoms with Gasteiger partial charge in [0.15, 0.2) is 11.0 Å². The first kappa shape index (κ1) is 19.5. The average Bonchev–Trinajstić information content (AvgIpc) is 3.37. The van der Waals surface area contributed by atoms with Crippen molar-refractivity contribution >= 4 is 17.7 Å². The van der Waals surface area contributed by atoms with Crippen molar-refractivity contribution in [1.29, 1.82) is 0 Å². The molecule has 150 valence electrons. The normalized spacial score (nSPS) is 20.6. The molecule has 1 amide bonds. The lowest BCUT2D eigenvalue weighted by atomic mass is 10.0.